The van der Waals surface area contributed by atoms with E-state index in [2.05, 4.69) is 5.32 Å². The summed E-state index contributed by atoms with van der Waals surface area (Å²) in [6.07, 6.45) is 6.99. The minimum atomic E-state index is 0.00414. The average molecular weight is 289 g/mol. The first kappa shape index (κ1) is 14.4. The molecule has 2 aliphatic rings. The van der Waals surface area contributed by atoms with Crippen LogP contribution in [0.2, 0.25) is 0 Å². The normalized spacial score (nSPS) is 22.4. The maximum Gasteiger partial charge on any atom is 0.251 e. The molecule has 4 heteroatoms. The van der Waals surface area contributed by atoms with Crippen LogP contribution in [0.1, 0.15) is 48.9 Å². The summed E-state index contributed by atoms with van der Waals surface area (Å²) in [6, 6.07) is 7.76. The second kappa shape index (κ2) is 6.94. The molecule has 1 heterocycles. The van der Waals surface area contributed by atoms with E-state index in [0.717, 1.165) is 38.0 Å². The molecular formula is C17H23NO3. The van der Waals surface area contributed by atoms with Crippen LogP contribution >= 0.6 is 0 Å². The van der Waals surface area contributed by atoms with Crippen LogP contribution in [0.4, 0.5) is 0 Å². The standard InChI is InChI=1S/C17H23NO3/c19-17(18-14-6-1-2-7-14)13-5-3-8-15(11-13)21-12-16-9-4-10-20-16/h3,5,8,11,14,16H,1-2,4,6-7,9-10,12H2,(H,18,19). The molecule has 21 heavy (non-hydrogen) atoms. The largest absolute Gasteiger partial charge is 0.491 e. The van der Waals surface area contributed by atoms with E-state index in [1.807, 2.05) is 24.3 Å². The van der Waals surface area contributed by atoms with Crippen molar-refractivity contribution in [3.05, 3.63) is 29.8 Å². The number of nitrogens with one attached hydrogen (secondary N) is 1. The molecule has 1 unspecified atom stereocenters. The maximum absolute atomic E-state index is 12.2. The Hall–Kier alpha value is -1.55. The van der Waals surface area contributed by atoms with Gasteiger partial charge in [0.1, 0.15) is 12.4 Å². The first-order valence-corrected chi connectivity index (χ1v) is 7.96. The lowest BCUT2D eigenvalue weighted by atomic mass is 10.1. The molecule has 2 fully saturated rings. The molecule has 1 atom stereocenters. The van der Waals surface area contributed by atoms with Crippen molar-refractivity contribution >= 4 is 5.91 Å². The van der Waals surface area contributed by atoms with Crippen LogP contribution in [0.25, 0.3) is 0 Å². The van der Waals surface area contributed by atoms with Gasteiger partial charge < -0.3 is 14.8 Å². The summed E-state index contributed by atoms with van der Waals surface area (Å²) < 4.78 is 11.3. The Morgan fingerprint density at radius 1 is 1.24 bits per heavy atom. The van der Waals surface area contributed by atoms with E-state index < -0.39 is 0 Å². The van der Waals surface area contributed by atoms with Gasteiger partial charge in [0.05, 0.1) is 6.10 Å². The lowest BCUT2D eigenvalue weighted by Crippen LogP contribution is -2.32. The molecule has 1 aromatic carbocycles. The smallest absolute Gasteiger partial charge is 0.251 e. The Bertz CT molecular complexity index is 477. The predicted molar refractivity (Wildman–Crippen MR) is 80.6 cm³/mol. The van der Waals surface area contributed by atoms with Crippen LogP contribution in [0.3, 0.4) is 0 Å². The fourth-order valence-corrected chi connectivity index (χ4v) is 3.03. The highest BCUT2D eigenvalue weighted by Crippen LogP contribution is 2.20. The van der Waals surface area contributed by atoms with Crippen molar-refractivity contribution in [2.45, 2.75) is 50.7 Å². The quantitative estimate of drug-likeness (QED) is 0.906. The van der Waals surface area contributed by atoms with Crippen LogP contribution in [-0.2, 0) is 4.74 Å². The summed E-state index contributed by atoms with van der Waals surface area (Å²) in [5.41, 5.74) is 0.673. The van der Waals surface area contributed by atoms with Crippen molar-refractivity contribution < 1.29 is 14.3 Å². The summed E-state index contributed by atoms with van der Waals surface area (Å²) in [5, 5.41) is 3.10. The van der Waals surface area contributed by atoms with E-state index >= 15 is 0 Å². The van der Waals surface area contributed by atoms with Crippen molar-refractivity contribution in [1.29, 1.82) is 0 Å². The SMILES string of the molecule is O=C(NC1CCCC1)c1cccc(OCC2CCCO2)c1. The fraction of sp³-hybridized carbons (Fsp3) is 0.588. The zero-order valence-electron chi connectivity index (χ0n) is 12.3. The Kier molecular flexibility index (Phi) is 4.76. The van der Waals surface area contributed by atoms with Crippen molar-refractivity contribution in [2.24, 2.45) is 0 Å². The number of ether oxygens (including phenoxy) is 2. The number of carbonyl (C=O) groups excluding carboxylic acids is 1. The van der Waals surface area contributed by atoms with E-state index in [9.17, 15) is 4.79 Å². The third-order valence-electron chi connectivity index (χ3n) is 4.25. The van der Waals surface area contributed by atoms with Crippen molar-refractivity contribution in [3.63, 3.8) is 0 Å². The van der Waals surface area contributed by atoms with E-state index in [4.69, 9.17) is 9.47 Å². The first-order chi connectivity index (χ1) is 10.3. The highest BCUT2D eigenvalue weighted by molar-refractivity contribution is 5.94. The maximum atomic E-state index is 12.2. The lowest BCUT2D eigenvalue weighted by molar-refractivity contribution is 0.0679. The third kappa shape index (κ3) is 3.97. The Balaban J connectivity index is 1.55. The summed E-state index contributed by atoms with van der Waals surface area (Å²) >= 11 is 0. The predicted octanol–water partition coefficient (Wildman–Crippen LogP) is 2.92. The number of carbonyl (C=O) groups is 1. The molecule has 0 spiro atoms. The molecule has 1 aliphatic heterocycles. The molecular weight excluding hydrogens is 266 g/mol. The minimum absolute atomic E-state index is 0.00414. The van der Waals surface area contributed by atoms with Gasteiger partial charge in [0.2, 0.25) is 0 Å². The van der Waals surface area contributed by atoms with Gasteiger partial charge in [0.15, 0.2) is 0 Å². The van der Waals surface area contributed by atoms with Gasteiger partial charge in [-0.15, -0.1) is 0 Å². The van der Waals surface area contributed by atoms with E-state index in [0.29, 0.717) is 18.2 Å². The first-order valence-electron chi connectivity index (χ1n) is 7.96. The van der Waals surface area contributed by atoms with Gasteiger partial charge >= 0.3 is 0 Å². The van der Waals surface area contributed by atoms with Gasteiger partial charge in [-0.1, -0.05) is 18.9 Å². The summed E-state index contributed by atoms with van der Waals surface area (Å²) in [4.78, 5) is 12.2. The van der Waals surface area contributed by atoms with Crippen molar-refractivity contribution in [1.82, 2.24) is 5.32 Å². The lowest BCUT2D eigenvalue weighted by Gasteiger charge is -2.14. The molecule has 1 saturated heterocycles. The van der Waals surface area contributed by atoms with Gasteiger partial charge in [0, 0.05) is 18.2 Å². The van der Waals surface area contributed by atoms with Crippen LogP contribution in [0, 0.1) is 0 Å². The molecule has 0 radical (unpaired) electrons. The second-order valence-corrected chi connectivity index (χ2v) is 5.93. The molecule has 114 valence electrons. The fourth-order valence-electron chi connectivity index (χ4n) is 3.03. The zero-order chi connectivity index (χ0) is 14.5. The van der Waals surface area contributed by atoms with E-state index in [1.165, 1.54) is 12.8 Å². The van der Waals surface area contributed by atoms with Crippen LogP contribution in [0.15, 0.2) is 24.3 Å². The molecule has 1 aliphatic carbocycles. The number of amides is 1. The van der Waals surface area contributed by atoms with Crippen LogP contribution in [-0.4, -0.2) is 31.3 Å². The molecule has 0 aromatic heterocycles. The third-order valence-corrected chi connectivity index (χ3v) is 4.25. The summed E-state index contributed by atoms with van der Waals surface area (Å²) in [7, 11) is 0. The molecule has 4 nitrogen and oxygen atoms in total. The number of rotatable bonds is 5. The highest BCUT2D eigenvalue weighted by Gasteiger charge is 2.19. The van der Waals surface area contributed by atoms with Crippen molar-refractivity contribution in [3.8, 4) is 5.75 Å². The van der Waals surface area contributed by atoms with Gasteiger partial charge in [-0.2, -0.15) is 0 Å². The van der Waals surface area contributed by atoms with E-state index in [-0.39, 0.29) is 12.0 Å². The Morgan fingerprint density at radius 2 is 2.10 bits per heavy atom. The molecule has 0 bridgehead atoms. The molecule has 3 rings (SSSR count). The van der Waals surface area contributed by atoms with Gasteiger partial charge in [0.25, 0.3) is 5.91 Å². The number of hydrogen-bond acceptors (Lipinski definition) is 3. The number of benzene rings is 1. The molecule has 1 N–H and O–H groups in total. The van der Waals surface area contributed by atoms with E-state index in [1.54, 1.807) is 0 Å². The summed E-state index contributed by atoms with van der Waals surface area (Å²) in [6.45, 7) is 1.39. The molecule has 1 amide bonds. The van der Waals surface area contributed by atoms with Gasteiger partial charge in [-0.25, -0.2) is 0 Å². The Labute approximate surface area is 125 Å². The van der Waals surface area contributed by atoms with Gasteiger partial charge in [-0.05, 0) is 43.9 Å². The van der Waals surface area contributed by atoms with Crippen LogP contribution < -0.4 is 10.1 Å². The highest BCUT2D eigenvalue weighted by atomic mass is 16.5. The van der Waals surface area contributed by atoms with Crippen LogP contribution in [0.5, 0.6) is 5.75 Å². The average Bonchev–Trinajstić information content (AvgIpc) is 3.19. The van der Waals surface area contributed by atoms with Gasteiger partial charge in [-0.3, -0.25) is 4.79 Å². The molecule has 1 saturated carbocycles. The minimum Gasteiger partial charge on any atom is -0.491 e. The topological polar surface area (TPSA) is 47.6 Å². The zero-order valence-corrected chi connectivity index (χ0v) is 12.3. The van der Waals surface area contributed by atoms with Crippen molar-refractivity contribution in [2.75, 3.05) is 13.2 Å². The Morgan fingerprint density at radius 3 is 2.86 bits per heavy atom. The monoisotopic (exact) mass is 289 g/mol. The number of hydrogen-bond donors (Lipinski definition) is 1. The second-order valence-electron chi connectivity index (χ2n) is 5.93. The summed E-state index contributed by atoms with van der Waals surface area (Å²) in [5.74, 6) is 0.744. The molecule has 1 aromatic rings.